The number of aromatic nitrogens is 1. The van der Waals surface area contributed by atoms with E-state index in [0.717, 1.165) is 48.8 Å². The molecule has 3 rings (SSSR count). The summed E-state index contributed by atoms with van der Waals surface area (Å²) in [6, 6.07) is 8.81. The zero-order valence-electron chi connectivity index (χ0n) is 18.1. The van der Waals surface area contributed by atoms with Gasteiger partial charge in [-0.15, -0.1) is 0 Å². The van der Waals surface area contributed by atoms with E-state index in [1.807, 2.05) is 19.9 Å². The lowest BCUT2D eigenvalue weighted by atomic mass is 10.1. The number of piperazine rings is 1. The molecule has 1 aliphatic rings. The van der Waals surface area contributed by atoms with E-state index in [0.29, 0.717) is 13.2 Å². The number of ketones is 1. The molecule has 2 heterocycles. The Morgan fingerprint density at radius 1 is 1.17 bits per heavy atom. The van der Waals surface area contributed by atoms with Gasteiger partial charge in [0, 0.05) is 68.1 Å². The van der Waals surface area contributed by atoms with Crippen LogP contribution in [-0.2, 0) is 4.74 Å². The van der Waals surface area contributed by atoms with Crippen LogP contribution in [0.3, 0.4) is 0 Å². The lowest BCUT2D eigenvalue weighted by Crippen LogP contribution is -2.48. The maximum atomic E-state index is 13.0. The Morgan fingerprint density at radius 3 is 2.37 bits per heavy atom. The second kappa shape index (κ2) is 9.40. The third-order valence-corrected chi connectivity index (χ3v) is 5.80. The summed E-state index contributed by atoms with van der Waals surface area (Å²) in [5, 5.41) is 10.8. The van der Waals surface area contributed by atoms with Crippen molar-refractivity contribution < 1.29 is 14.5 Å². The topological polar surface area (TPSA) is 80.8 Å². The van der Waals surface area contributed by atoms with Gasteiger partial charge < -0.3 is 14.2 Å². The molecule has 0 aliphatic carbocycles. The normalized spacial score (nSPS) is 15.9. The average Bonchev–Trinajstić information content (AvgIpc) is 3.03. The van der Waals surface area contributed by atoms with Gasteiger partial charge in [-0.1, -0.05) is 0 Å². The van der Waals surface area contributed by atoms with E-state index >= 15 is 0 Å². The van der Waals surface area contributed by atoms with Crippen LogP contribution in [0.25, 0.3) is 0 Å². The summed E-state index contributed by atoms with van der Waals surface area (Å²) < 4.78 is 7.44. The maximum absolute atomic E-state index is 13.0. The summed E-state index contributed by atoms with van der Waals surface area (Å²) >= 11 is 0. The number of hydrogen-bond donors (Lipinski definition) is 0. The first-order chi connectivity index (χ1) is 14.3. The lowest BCUT2D eigenvalue weighted by molar-refractivity contribution is -0.384. The molecule has 1 aromatic carbocycles. The first-order valence-electron chi connectivity index (χ1n) is 10.2. The molecule has 0 bridgehead atoms. The minimum Gasteiger partial charge on any atom is -0.383 e. The van der Waals surface area contributed by atoms with Gasteiger partial charge in [0.15, 0.2) is 5.78 Å². The highest BCUT2D eigenvalue weighted by Crippen LogP contribution is 2.23. The summed E-state index contributed by atoms with van der Waals surface area (Å²) in [5.74, 6) is 0.141. The van der Waals surface area contributed by atoms with Crippen molar-refractivity contribution in [3.8, 4) is 0 Å². The number of carbonyl (C=O) groups is 1. The van der Waals surface area contributed by atoms with Crippen molar-refractivity contribution in [3.63, 3.8) is 0 Å². The number of nitro benzene ring substituents is 1. The third-order valence-electron chi connectivity index (χ3n) is 5.80. The Hall–Kier alpha value is -2.71. The third kappa shape index (κ3) is 4.71. The van der Waals surface area contributed by atoms with Crippen LogP contribution in [0.4, 0.5) is 11.4 Å². The van der Waals surface area contributed by atoms with Gasteiger partial charge in [-0.05, 0) is 39.0 Å². The number of benzene rings is 1. The minimum atomic E-state index is -0.389. The summed E-state index contributed by atoms with van der Waals surface area (Å²) in [4.78, 5) is 27.8. The highest BCUT2D eigenvalue weighted by atomic mass is 16.6. The fourth-order valence-electron chi connectivity index (χ4n) is 4.29. The molecule has 0 spiro atoms. The van der Waals surface area contributed by atoms with Crippen molar-refractivity contribution in [2.45, 2.75) is 26.8 Å². The molecule has 0 radical (unpaired) electrons. The maximum Gasteiger partial charge on any atom is 0.269 e. The predicted octanol–water partition coefficient (Wildman–Crippen LogP) is 3.23. The van der Waals surface area contributed by atoms with Crippen LogP contribution in [0.5, 0.6) is 0 Å². The van der Waals surface area contributed by atoms with Crippen molar-refractivity contribution in [1.29, 1.82) is 0 Å². The van der Waals surface area contributed by atoms with Crippen LogP contribution in [0, 0.1) is 24.0 Å². The first kappa shape index (κ1) is 22.0. The molecule has 0 N–H and O–H groups in total. The van der Waals surface area contributed by atoms with E-state index < -0.39 is 0 Å². The number of nitro groups is 1. The molecule has 1 saturated heterocycles. The number of anilines is 1. The van der Waals surface area contributed by atoms with Gasteiger partial charge in [0.1, 0.15) is 0 Å². The summed E-state index contributed by atoms with van der Waals surface area (Å²) in [5.41, 5.74) is 3.92. The fourth-order valence-corrected chi connectivity index (χ4v) is 4.29. The second-order valence-corrected chi connectivity index (χ2v) is 7.92. The number of Topliss-reactive ketones (excluding diaryl/α,β-unsaturated/α-hetero) is 1. The van der Waals surface area contributed by atoms with Crippen molar-refractivity contribution in [3.05, 3.63) is 57.4 Å². The first-order valence-corrected chi connectivity index (χ1v) is 10.2. The molecule has 1 fully saturated rings. The van der Waals surface area contributed by atoms with Crippen molar-refractivity contribution in [2.75, 3.05) is 51.3 Å². The Morgan fingerprint density at radius 2 is 1.80 bits per heavy atom. The molecule has 1 aromatic heterocycles. The van der Waals surface area contributed by atoms with E-state index in [4.69, 9.17) is 4.74 Å². The van der Waals surface area contributed by atoms with Crippen LogP contribution in [0.1, 0.15) is 34.7 Å². The lowest BCUT2D eigenvalue weighted by Gasteiger charge is -2.35. The molecule has 162 valence electrons. The number of nitrogens with zero attached hydrogens (tertiary/aromatic N) is 4. The molecule has 0 amide bonds. The van der Waals surface area contributed by atoms with Crippen LogP contribution in [0.2, 0.25) is 0 Å². The standard InChI is InChI=1S/C22H30N4O4/c1-16-13-21(18(3)25(16)17(2)15-30-4)22(27)14-23-9-11-24(12-10-23)19-5-7-20(8-6-19)26(28)29/h5-8,13,17H,9-12,14-15H2,1-4H3/t17-/m0/s1. The van der Waals surface area contributed by atoms with Gasteiger partial charge in [0.2, 0.25) is 0 Å². The Bertz CT molecular complexity index is 899. The highest BCUT2D eigenvalue weighted by molar-refractivity contribution is 5.99. The minimum absolute atomic E-state index is 0.0976. The number of aryl methyl sites for hydroxylation is 1. The van der Waals surface area contributed by atoms with Gasteiger partial charge in [-0.25, -0.2) is 0 Å². The number of rotatable bonds is 8. The van der Waals surface area contributed by atoms with E-state index in [1.54, 1.807) is 19.2 Å². The molecular formula is C22H30N4O4. The Kier molecular flexibility index (Phi) is 6.89. The highest BCUT2D eigenvalue weighted by Gasteiger charge is 2.23. The van der Waals surface area contributed by atoms with Crippen LogP contribution < -0.4 is 4.90 Å². The Labute approximate surface area is 177 Å². The molecule has 1 atom stereocenters. The van der Waals surface area contributed by atoms with Gasteiger partial charge >= 0.3 is 0 Å². The van der Waals surface area contributed by atoms with Gasteiger partial charge in [0.05, 0.1) is 24.1 Å². The van der Waals surface area contributed by atoms with E-state index in [9.17, 15) is 14.9 Å². The number of non-ortho nitro benzene ring substituents is 1. The number of ether oxygens (including phenoxy) is 1. The van der Waals surface area contributed by atoms with Gasteiger partial charge in [0.25, 0.3) is 5.69 Å². The molecule has 0 saturated carbocycles. The molecular weight excluding hydrogens is 384 g/mol. The van der Waals surface area contributed by atoms with Gasteiger partial charge in [-0.2, -0.15) is 0 Å². The molecule has 8 heteroatoms. The molecule has 30 heavy (non-hydrogen) atoms. The summed E-state index contributed by atoms with van der Waals surface area (Å²) in [6.07, 6.45) is 0. The largest absolute Gasteiger partial charge is 0.383 e. The van der Waals surface area contributed by atoms with Crippen molar-refractivity contribution in [2.24, 2.45) is 0 Å². The number of methoxy groups -OCH3 is 1. The van der Waals surface area contributed by atoms with Crippen molar-refractivity contribution in [1.82, 2.24) is 9.47 Å². The number of carbonyl (C=O) groups excluding carboxylic acids is 1. The van der Waals surface area contributed by atoms with E-state index in [1.165, 1.54) is 12.1 Å². The monoisotopic (exact) mass is 414 g/mol. The summed E-state index contributed by atoms with van der Waals surface area (Å²) in [7, 11) is 1.69. The predicted molar refractivity (Wildman–Crippen MR) is 117 cm³/mol. The molecule has 8 nitrogen and oxygen atoms in total. The zero-order chi connectivity index (χ0) is 21.8. The number of hydrogen-bond acceptors (Lipinski definition) is 6. The van der Waals surface area contributed by atoms with Gasteiger partial charge in [-0.3, -0.25) is 19.8 Å². The SMILES string of the molecule is COC[C@H](C)n1c(C)cc(C(=O)CN2CCN(c3ccc([N+](=O)[O-])cc3)CC2)c1C. The quantitative estimate of drug-likeness (QED) is 0.375. The smallest absolute Gasteiger partial charge is 0.269 e. The molecule has 1 aliphatic heterocycles. The Balaban J connectivity index is 1.59. The molecule has 2 aromatic rings. The van der Waals surface area contributed by atoms with Crippen LogP contribution in [0.15, 0.2) is 30.3 Å². The van der Waals surface area contributed by atoms with E-state index in [-0.39, 0.29) is 22.4 Å². The zero-order valence-corrected chi connectivity index (χ0v) is 18.1. The fraction of sp³-hybridized carbons (Fsp3) is 0.500. The second-order valence-electron chi connectivity index (χ2n) is 7.92. The van der Waals surface area contributed by atoms with Crippen LogP contribution in [-0.4, -0.2) is 66.6 Å². The summed E-state index contributed by atoms with van der Waals surface area (Å²) in [6.45, 7) is 10.3. The average molecular weight is 415 g/mol. The molecule has 0 unspecified atom stereocenters. The van der Waals surface area contributed by atoms with Crippen molar-refractivity contribution >= 4 is 17.2 Å². The van der Waals surface area contributed by atoms with Crippen LogP contribution >= 0.6 is 0 Å². The van der Waals surface area contributed by atoms with E-state index in [2.05, 4.69) is 21.3 Å².